The molecule has 0 aromatic carbocycles. The molecule has 11 heteroatoms. The van der Waals surface area contributed by atoms with Gasteiger partial charge in [-0.2, -0.15) is 0 Å². The lowest BCUT2D eigenvalue weighted by Gasteiger charge is -2.24. The largest absolute Gasteiger partial charge is 0.456 e. The Morgan fingerprint density at radius 1 is 1.21 bits per heavy atom. The number of esters is 1. The number of thioether (sulfide) groups is 1. The summed E-state index contributed by atoms with van der Waals surface area (Å²) >= 11 is 1.26. The predicted octanol–water partition coefficient (Wildman–Crippen LogP) is 3.18. The molecule has 1 aliphatic rings. The zero-order valence-corrected chi connectivity index (χ0v) is 23.8. The van der Waals surface area contributed by atoms with Gasteiger partial charge in [0.2, 0.25) is 5.91 Å². The second-order valence-electron chi connectivity index (χ2n) is 9.36. The molecule has 1 aromatic heterocycles. The Labute approximate surface area is 233 Å². The van der Waals surface area contributed by atoms with Gasteiger partial charge in [0, 0.05) is 12.2 Å². The van der Waals surface area contributed by atoms with Gasteiger partial charge in [-0.15, -0.1) is 0 Å². The summed E-state index contributed by atoms with van der Waals surface area (Å²) in [6.45, 7) is 7.18. The number of ether oxygens (including phenoxy) is 1. The number of allylic oxidation sites excluding steroid dienone is 2. The molecule has 1 aliphatic heterocycles. The van der Waals surface area contributed by atoms with Crippen LogP contribution in [0.4, 0.5) is 0 Å². The van der Waals surface area contributed by atoms with E-state index < -0.39 is 29.9 Å². The van der Waals surface area contributed by atoms with E-state index in [-0.39, 0.29) is 41.3 Å². The van der Waals surface area contributed by atoms with Crippen molar-refractivity contribution in [2.24, 2.45) is 5.92 Å². The highest BCUT2D eigenvalue weighted by Crippen LogP contribution is 2.13. The van der Waals surface area contributed by atoms with Gasteiger partial charge in [-0.1, -0.05) is 57.2 Å². The molecule has 0 spiro atoms. The van der Waals surface area contributed by atoms with Gasteiger partial charge in [0.15, 0.2) is 5.12 Å². The molecule has 3 amide bonds. The van der Waals surface area contributed by atoms with Crippen molar-refractivity contribution >= 4 is 40.6 Å². The van der Waals surface area contributed by atoms with Crippen LogP contribution in [-0.4, -0.2) is 51.7 Å². The molecule has 2 bridgehead atoms. The van der Waals surface area contributed by atoms with E-state index in [4.69, 9.17) is 4.74 Å². The van der Waals surface area contributed by atoms with Crippen molar-refractivity contribution in [2.75, 3.05) is 5.75 Å². The highest BCUT2D eigenvalue weighted by Gasteiger charge is 2.30. The summed E-state index contributed by atoms with van der Waals surface area (Å²) in [5, 5.41) is 8.05. The maximum atomic E-state index is 13.1. The molecule has 3 N–H and O–H groups in total. The minimum absolute atomic E-state index is 0.0338. The van der Waals surface area contributed by atoms with Crippen LogP contribution in [0.15, 0.2) is 42.1 Å². The SMILES string of the molecule is C/C=C1\NC(=O)c2cccc(n2)CNC(=O)C[C@@H](/C=C/CCSC(=O)CCCC)OC(=O)[C@H](C(C)C)NC1=O. The van der Waals surface area contributed by atoms with Crippen LogP contribution in [0.5, 0.6) is 0 Å². The summed E-state index contributed by atoms with van der Waals surface area (Å²) in [4.78, 5) is 67.6. The molecule has 0 unspecified atom stereocenters. The number of pyridine rings is 1. The lowest BCUT2D eigenvalue weighted by Crippen LogP contribution is -2.48. The van der Waals surface area contributed by atoms with Crippen molar-refractivity contribution in [2.45, 2.75) is 78.5 Å². The second kappa shape index (κ2) is 16.5. The first-order valence-corrected chi connectivity index (χ1v) is 14.2. The first-order chi connectivity index (χ1) is 18.6. The summed E-state index contributed by atoms with van der Waals surface area (Å²) in [5.41, 5.74) is 0.490. The van der Waals surface area contributed by atoms with E-state index in [1.165, 1.54) is 23.9 Å². The Balaban J connectivity index is 2.24. The number of carbonyl (C=O) groups is 5. The molecule has 0 radical (unpaired) electrons. The van der Waals surface area contributed by atoms with Crippen molar-refractivity contribution in [3.05, 3.63) is 53.5 Å². The summed E-state index contributed by atoms with van der Waals surface area (Å²) in [6, 6.07) is 3.77. The standard InChI is InChI=1S/C28H38N4O6S/c1-5-7-14-24(34)39-15-9-8-12-20-16-23(33)29-17-19-11-10-13-22(30-19)27(36)31-21(6-2)26(35)32-25(18(3)4)28(37)38-20/h6,8,10-13,18,20,25H,5,7,9,14-17H2,1-4H3,(H,29,33)(H,31,36)(H,32,35)/b12-8+,21-6-/t20-,25+/m1/s1. The first-order valence-electron chi connectivity index (χ1n) is 13.2. The number of hydrogen-bond donors (Lipinski definition) is 3. The van der Waals surface area contributed by atoms with Crippen LogP contribution in [0, 0.1) is 5.92 Å². The van der Waals surface area contributed by atoms with Crippen molar-refractivity contribution in [1.82, 2.24) is 20.9 Å². The third-order valence-electron chi connectivity index (χ3n) is 5.78. The Bertz CT molecular complexity index is 1100. The highest BCUT2D eigenvalue weighted by atomic mass is 32.2. The smallest absolute Gasteiger partial charge is 0.329 e. The molecule has 1 aromatic rings. The van der Waals surface area contributed by atoms with Crippen LogP contribution < -0.4 is 16.0 Å². The first kappa shape index (κ1) is 31.7. The van der Waals surface area contributed by atoms with Gasteiger partial charge in [-0.25, -0.2) is 9.78 Å². The molecule has 39 heavy (non-hydrogen) atoms. The number of amides is 3. The number of rotatable bonds is 8. The third kappa shape index (κ3) is 11.0. The highest BCUT2D eigenvalue weighted by molar-refractivity contribution is 8.13. The van der Waals surface area contributed by atoms with Crippen LogP contribution in [-0.2, 0) is 30.5 Å². The van der Waals surface area contributed by atoms with Crippen LogP contribution in [0.2, 0.25) is 0 Å². The number of cyclic esters (lactones) is 1. The van der Waals surface area contributed by atoms with Crippen molar-refractivity contribution in [3.8, 4) is 0 Å². The molecule has 212 valence electrons. The summed E-state index contributed by atoms with van der Waals surface area (Å²) < 4.78 is 5.66. The molecular weight excluding hydrogens is 520 g/mol. The molecule has 0 aliphatic carbocycles. The molecular formula is C28H38N4O6S. The van der Waals surface area contributed by atoms with Crippen molar-refractivity contribution < 1.29 is 28.7 Å². The Hall–Kier alpha value is -3.47. The van der Waals surface area contributed by atoms with Gasteiger partial charge in [0.1, 0.15) is 23.5 Å². The fourth-order valence-corrected chi connectivity index (χ4v) is 4.34. The average molecular weight is 559 g/mol. The monoisotopic (exact) mass is 558 g/mol. The van der Waals surface area contributed by atoms with Gasteiger partial charge in [0.05, 0.1) is 18.7 Å². The number of fused-ring (bicyclic) bond motifs is 2. The van der Waals surface area contributed by atoms with Crippen LogP contribution in [0.3, 0.4) is 0 Å². The normalized spacial score (nSPS) is 20.5. The summed E-state index contributed by atoms with van der Waals surface area (Å²) in [5.74, 6) is -2.10. The van der Waals surface area contributed by atoms with E-state index in [2.05, 4.69) is 20.9 Å². The molecule has 2 rings (SSSR count). The topological polar surface area (TPSA) is 144 Å². The number of carbonyl (C=O) groups excluding carboxylic acids is 5. The maximum Gasteiger partial charge on any atom is 0.329 e. The fourth-order valence-electron chi connectivity index (χ4n) is 3.57. The molecule has 2 atom stereocenters. The zero-order valence-electron chi connectivity index (χ0n) is 23.0. The number of unbranched alkanes of at least 4 members (excludes halogenated alkanes) is 1. The van der Waals surface area contributed by atoms with Crippen LogP contribution >= 0.6 is 11.8 Å². The Morgan fingerprint density at radius 2 is 1.97 bits per heavy atom. The van der Waals surface area contributed by atoms with E-state index in [1.807, 2.05) is 6.92 Å². The van der Waals surface area contributed by atoms with Crippen LogP contribution in [0.25, 0.3) is 0 Å². The summed E-state index contributed by atoms with van der Waals surface area (Å²) in [7, 11) is 0. The molecule has 0 saturated heterocycles. The second-order valence-corrected chi connectivity index (χ2v) is 10.5. The number of aromatic nitrogens is 1. The van der Waals surface area contributed by atoms with E-state index in [0.717, 1.165) is 12.8 Å². The number of hydrogen-bond acceptors (Lipinski definition) is 8. The van der Waals surface area contributed by atoms with Gasteiger partial charge >= 0.3 is 5.97 Å². The minimum atomic E-state index is -1.02. The lowest BCUT2D eigenvalue weighted by molar-refractivity contribution is -0.153. The summed E-state index contributed by atoms with van der Waals surface area (Å²) in [6.07, 6.45) is 6.75. The fraction of sp³-hybridized carbons (Fsp3) is 0.500. The Morgan fingerprint density at radius 3 is 2.67 bits per heavy atom. The van der Waals surface area contributed by atoms with E-state index in [9.17, 15) is 24.0 Å². The van der Waals surface area contributed by atoms with Crippen LogP contribution in [0.1, 0.15) is 76.0 Å². The maximum absolute atomic E-state index is 13.1. The van der Waals surface area contributed by atoms with E-state index >= 15 is 0 Å². The molecule has 0 saturated carbocycles. The third-order valence-corrected chi connectivity index (χ3v) is 6.75. The van der Waals surface area contributed by atoms with E-state index in [0.29, 0.717) is 24.3 Å². The Kier molecular flexibility index (Phi) is 13.4. The van der Waals surface area contributed by atoms with Crippen molar-refractivity contribution in [1.29, 1.82) is 0 Å². The quantitative estimate of drug-likeness (QED) is 0.191. The predicted molar refractivity (Wildman–Crippen MR) is 149 cm³/mol. The number of nitrogens with one attached hydrogen (secondary N) is 3. The van der Waals surface area contributed by atoms with Gasteiger partial charge in [-0.3, -0.25) is 19.2 Å². The molecule has 10 nitrogen and oxygen atoms in total. The van der Waals surface area contributed by atoms with E-state index in [1.54, 1.807) is 45.1 Å². The average Bonchev–Trinajstić information content (AvgIpc) is 2.91. The minimum Gasteiger partial charge on any atom is -0.456 e. The van der Waals surface area contributed by atoms with Crippen molar-refractivity contribution in [3.63, 3.8) is 0 Å². The molecule has 2 heterocycles. The van der Waals surface area contributed by atoms with Gasteiger partial charge in [-0.05, 0) is 43.9 Å². The van der Waals surface area contributed by atoms with Gasteiger partial charge in [0.25, 0.3) is 11.8 Å². The molecule has 0 fully saturated rings. The van der Waals surface area contributed by atoms with Gasteiger partial charge < -0.3 is 20.7 Å². The lowest BCUT2D eigenvalue weighted by atomic mass is 10.0. The zero-order chi connectivity index (χ0) is 28.8. The number of nitrogens with zero attached hydrogens (tertiary/aromatic N) is 1.